The second-order valence-corrected chi connectivity index (χ2v) is 7.62. The van der Waals surface area contributed by atoms with Crippen molar-refractivity contribution in [2.45, 2.75) is 32.4 Å². The van der Waals surface area contributed by atoms with Crippen LogP contribution in [0, 0.1) is 5.92 Å². The molecule has 1 aliphatic rings. The highest BCUT2D eigenvalue weighted by atomic mass is 32.1. The average Bonchev–Trinajstić information content (AvgIpc) is 3.33. The molecule has 6 nitrogen and oxygen atoms in total. The summed E-state index contributed by atoms with van der Waals surface area (Å²) < 4.78 is 0. The first kappa shape index (κ1) is 17.9. The Hall–Kier alpha value is -1.86. The second kappa shape index (κ2) is 9.01. The Bertz CT molecular complexity index is 629. The molecule has 0 aromatic carbocycles. The number of rotatable bonds is 6. The first-order valence-corrected chi connectivity index (χ1v) is 9.84. The maximum atomic E-state index is 4.34. The zero-order valence-corrected chi connectivity index (χ0v) is 15.9. The van der Waals surface area contributed by atoms with E-state index in [1.165, 1.54) is 30.8 Å². The van der Waals surface area contributed by atoms with Gasteiger partial charge in [-0.15, -0.1) is 11.3 Å². The Morgan fingerprint density at radius 1 is 1.40 bits per heavy atom. The first-order valence-electron chi connectivity index (χ1n) is 8.96. The number of aromatic nitrogens is 2. The van der Waals surface area contributed by atoms with Crippen molar-refractivity contribution in [3.63, 3.8) is 0 Å². The second-order valence-electron chi connectivity index (χ2n) is 6.64. The number of hydrogen-bond acceptors (Lipinski definition) is 4. The Morgan fingerprint density at radius 2 is 2.24 bits per heavy atom. The Morgan fingerprint density at radius 3 is 2.88 bits per heavy atom. The number of thiophene rings is 1. The van der Waals surface area contributed by atoms with Crippen LogP contribution >= 0.6 is 11.3 Å². The highest BCUT2D eigenvalue weighted by Gasteiger charge is 2.25. The van der Waals surface area contributed by atoms with E-state index < -0.39 is 0 Å². The van der Waals surface area contributed by atoms with Crippen LogP contribution in [0.1, 0.15) is 36.4 Å². The van der Waals surface area contributed by atoms with Crippen molar-refractivity contribution in [3.8, 4) is 0 Å². The topological polar surface area (TPSA) is 68.3 Å². The third-order valence-electron chi connectivity index (χ3n) is 4.82. The molecule has 3 heterocycles. The van der Waals surface area contributed by atoms with Crippen LogP contribution in [0.3, 0.4) is 0 Å². The molecule has 0 aliphatic carbocycles. The van der Waals surface area contributed by atoms with Gasteiger partial charge in [-0.25, -0.2) is 0 Å². The van der Waals surface area contributed by atoms with Crippen LogP contribution in [-0.2, 0) is 6.54 Å². The molecule has 3 rings (SSSR count). The molecule has 2 aromatic rings. The SMILES string of the molecule is CN=C(NCc1ccn[nH]1)NCC(c1cccs1)N1CCC(C)CC1. The van der Waals surface area contributed by atoms with E-state index in [4.69, 9.17) is 0 Å². The van der Waals surface area contributed by atoms with Gasteiger partial charge < -0.3 is 10.6 Å². The van der Waals surface area contributed by atoms with Gasteiger partial charge >= 0.3 is 0 Å². The lowest BCUT2D eigenvalue weighted by molar-refractivity contribution is 0.140. The molecule has 1 fully saturated rings. The van der Waals surface area contributed by atoms with Gasteiger partial charge in [0.1, 0.15) is 0 Å². The van der Waals surface area contributed by atoms with E-state index in [1.807, 2.05) is 24.5 Å². The number of aromatic amines is 1. The van der Waals surface area contributed by atoms with Crippen LogP contribution in [0.4, 0.5) is 0 Å². The summed E-state index contributed by atoms with van der Waals surface area (Å²) in [4.78, 5) is 8.38. The van der Waals surface area contributed by atoms with Crippen molar-refractivity contribution < 1.29 is 0 Å². The maximum absolute atomic E-state index is 4.34. The van der Waals surface area contributed by atoms with Gasteiger partial charge in [0.2, 0.25) is 0 Å². The van der Waals surface area contributed by atoms with E-state index in [9.17, 15) is 0 Å². The Balaban J connectivity index is 1.57. The van der Waals surface area contributed by atoms with Gasteiger partial charge in [0.15, 0.2) is 5.96 Å². The zero-order chi connectivity index (χ0) is 17.5. The largest absolute Gasteiger partial charge is 0.354 e. The number of H-pyrrole nitrogens is 1. The molecule has 1 aliphatic heterocycles. The molecule has 136 valence electrons. The average molecular weight is 361 g/mol. The molecule has 25 heavy (non-hydrogen) atoms. The number of aliphatic imine (C=N–C) groups is 1. The number of piperidine rings is 1. The minimum absolute atomic E-state index is 0.401. The summed E-state index contributed by atoms with van der Waals surface area (Å²) >= 11 is 1.84. The van der Waals surface area contributed by atoms with Crippen molar-refractivity contribution >= 4 is 17.3 Å². The van der Waals surface area contributed by atoms with Crippen molar-refractivity contribution in [2.75, 3.05) is 26.7 Å². The highest BCUT2D eigenvalue weighted by Crippen LogP contribution is 2.28. The molecule has 0 bridgehead atoms. The van der Waals surface area contributed by atoms with Crippen molar-refractivity contribution in [1.29, 1.82) is 0 Å². The van der Waals surface area contributed by atoms with Crippen LogP contribution < -0.4 is 10.6 Å². The minimum atomic E-state index is 0.401. The standard InChI is InChI=1S/C18H28N6S/c1-14-6-9-24(10-7-14)16(17-4-3-11-25-17)13-21-18(19-2)20-12-15-5-8-22-23-15/h3-5,8,11,14,16H,6-7,9-10,12-13H2,1-2H3,(H,22,23)(H2,19,20,21). The fourth-order valence-corrected chi connectivity index (χ4v) is 4.07. The molecule has 1 saturated heterocycles. The molecule has 0 saturated carbocycles. The third-order valence-corrected chi connectivity index (χ3v) is 5.80. The monoisotopic (exact) mass is 360 g/mol. The number of guanidine groups is 1. The number of hydrogen-bond donors (Lipinski definition) is 3. The van der Waals surface area contributed by atoms with E-state index >= 15 is 0 Å². The molecule has 0 amide bonds. The first-order chi connectivity index (χ1) is 12.3. The summed E-state index contributed by atoms with van der Waals surface area (Å²) in [5, 5.41) is 15.9. The smallest absolute Gasteiger partial charge is 0.191 e. The van der Waals surface area contributed by atoms with Gasteiger partial charge in [-0.2, -0.15) is 5.10 Å². The number of nitrogens with one attached hydrogen (secondary N) is 3. The molecular weight excluding hydrogens is 332 g/mol. The lowest BCUT2D eigenvalue weighted by Gasteiger charge is -2.36. The predicted molar refractivity (Wildman–Crippen MR) is 104 cm³/mol. The molecule has 7 heteroatoms. The normalized spacial score (nSPS) is 18.2. The lowest BCUT2D eigenvalue weighted by atomic mass is 9.97. The Kier molecular flexibility index (Phi) is 6.47. The van der Waals surface area contributed by atoms with Crippen LogP contribution in [0.2, 0.25) is 0 Å². The van der Waals surface area contributed by atoms with Gasteiger partial charge in [0, 0.05) is 24.7 Å². The van der Waals surface area contributed by atoms with Gasteiger partial charge in [-0.05, 0) is 49.4 Å². The van der Waals surface area contributed by atoms with E-state index in [2.05, 4.69) is 55.2 Å². The van der Waals surface area contributed by atoms with Crippen molar-refractivity contribution in [3.05, 3.63) is 40.3 Å². The molecule has 1 atom stereocenters. The van der Waals surface area contributed by atoms with E-state index in [0.717, 1.165) is 24.1 Å². The maximum Gasteiger partial charge on any atom is 0.191 e. The molecular formula is C18H28N6S. The quantitative estimate of drug-likeness (QED) is 0.547. The van der Waals surface area contributed by atoms with Gasteiger partial charge in [-0.1, -0.05) is 13.0 Å². The molecule has 0 radical (unpaired) electrons. The van der Waals surface area contributed by atoms with Gasteiger partial charge in [0.25, 0.3) is 0 Å². The Labute approximate surface area is 153 Å². The molecule has 0 spiro atoms. The van der Waals surface area contributed by atoms with Crippen molar-refractivity contribution in [2.24, 2.45) is 10.9 Å². The molecule has 1 unspecified atom stereocenters. The summed E-state index contributed by atoms with van der Waals surface area (Å²) in [6.45, 7) is 6.25. The zero-order valence-electron chi connectivity index (χ0n) is 15.0. The van der Waals surface area contributed by atoms with Crippen LogP contribution in [0.15, 0.2) is 34.8 Å². The third kappa shape index (κ3) is 5.06. The predicted octanol–water partition coefficient (Wildman–Crippen LogP) is 2.61. The fourth-order valence-electron chi connectivity index (χ4n) is 3.21. The van der Waals surface area contributed by atoms with Crippen LogP contribution in [0.25, 0.3) is 0 Å². The minimum Gasteiger partial charge on any atom is -0.354 e. The van der Waals surface area contributed by atoms with Crippen LogP contribution in [0.5, 0.6) is 0 Å². The fraction of sp³-hybridized carbons (Fsp3) is 0.556. The molecule has 3 N–H and O–H groups in total. The summed E-state index contributed by atoms with van der Waals surface area (Å²) in [6.07, 6.45) is 4.33. The highest BCUT2D eigenvalue weighted by molar-refractivity contribution is 7.10. The van der Waals surface area contributed by atoms with Crippen LogP contribution in [-0.4, -0.2) is 47.7 Å². The summed E-state index contributed by atoms with van der Waals surface area (Å²) in [5.41, 5.74) is 1.04. The van der Waals surface area contributed by atoms with Crippen molar-refractivity contribution in [1.82, 2.24) is 25.7 Å². The summed E-state index contributed by atoms with van der Waals surface area (Å²) in [7, 11) is 1.81. The van der Waals surface area contributed by atoms with E-state index in [-0.39, 0.29) is 0 Å². The van der Waals surface area contributed by atoms with E-state index in [1.54, 1.807) is 6.20 Å². The van der Waals surface area contributed by atoms with E-state index in [0.29, 0.717) is 12.6 Å². The number of nitrogens with zero attached hydrogens (tertiary/aromatic N) is 3. The lowest BCUT2D eigenvalue weighted by Crippen LogP contribution is -2.44. The summed E-state index contributed by atoms with van der Waals surface area (Å²) in [6, 6.07) is 6.75. The summed E-state index contributed by atoms with van der Waals surface area (Å²) in [5.74, 6) is 1.67. The van der Waals surface area contributed by atoms with Gasteiger partial charge in [0.05, 0.1) is 18.3 Å². The number of likely N-dealkylation sites (tertiary alicyclic amines) is 1. The molecule has 2 aromatic heterocycles. The van der Waals surface area contributed by atoms with Gasteiger partial charge in [-0.3, -0.25) is 15.0 Å².